The molecule has 0 atom stereocenters. The van der Waals surface area contributed by atoms with Crippen LogP contribution in [0.2, 0.25) is 0 Å². The summed E-state index contributed by atoms with van der Waals surface area (Å²) in [5.41, 5.74) is 0.292. The third-order valence-electron chi connectivity index (χ3n) is 3.84. The van der Waals surface area contributed by atoms with Crippen LogP contribution in [0, 0.1) is 0 Å². The molecule has 0 aliphatic rings. The van der Waals surface area contributed by atoms with Crippen LogP contribution in [0.1, 0.15) is 15.9 Å². The topological polar surface area (TPSA) is 63.2 Å². The molecule has 5 nitrogen and oxygen atoms in total. The van der Waals surface area contributed by atoms with E-state index in [1.54, 1.807) is 24.3 Å². The number of hydrogen-bond acceptors (Lipinski definition) is 4. The number of rotatable bonds is 5. The Kier molecular flexibility index (Phi) is 5.49. The molecule has 0 spiro atoms. The third-order valence-corrected chi connectivity index (χ3v) is 3.84. The van der Waals surface area contributed by atoms with Gasteiger partial charge in [0.2, 0.25) is 0 Å². The smallest absolute Gasteiger partial charge is 0.416 e. The number of carbonyl (C=O) groups excluding carboxylic acids is 1. The maximum Gasteiger partial charge on any atom is 0.416 e. The highest BCUT2D eigenvalue weighted by Gasteiger charge is 2.30. The van der Waals surface area contributed by atoms with Gasteiger partial charge in [-0.25, -0.2) is 4.98 Å². The second kappa shape index (κ2) is 7.99. The van der Waals surface area contributed by atoms with Crippen LogP contribution in [-0.4, -0.2) is 18.0 Å². The minimum absolute atomic E-state index is 0.244. The summed E-state index contributed by atoms with van der Waals surface area (Å²) in [6.45, 7) is 0. The standard InChI is InChI=1S/C20H16F3N3O2/c1-28-17-8-3-2-7-16(17)26-19(27)13-9-10-18(24-12-13)25-15-6-4-5-14(11-15)20(21,22)23/h2-12H,1H3,(H,24,25)(H,26,27). The molecule has 1 amide bonds. The van der Waals surface area contributed by atoms with Gasteiger partial charge in [0.25, 0.3) is 5.91 Å². The van der Waals surface area contributed by atoms with Gasteiger partial charge >= 0.3 is 6.18 Å². The average Bonchev–Trinajstić information content (AvgIpc) is 2.68. The Morgan fingerprint density at radius 3 is 2.50 bits per heavy atom. The van der Waals surface area contributed by atoms with Crippen molar-refractivity contribution < 1.29 is 22.7 Å². The zero-order valence-electron chi connectivity index (χ0n) is 14.7. The van der Waals surface area contributed by atoms with E-state index < -0.39 is 11.7 Å². The number of benzene rings is 2. The van der Waals surface area contributed by atoms with E-state index in [9.17, 15) is 18.0 Å². The number of amides is 1. The zero-order valence-corrected chi connectivity index (χ0v) is 14.7. The van der Waals surface area contributed by atoms with E-state index in [1.807, 2.05) is 0 Å². The lowest BCUT2D eigenvalue weighted by atomic mass is 10.2. The fourth-order valence-corrected chi connectivity index (χ4v) is 2.47. The van der Waals surface area contributed by atoms with Gasteiger partial charge in [0, 0.05) is 11.9 Å². The highest BCUT2D eigenvalue weighted by molar-refractivity contribution is 6.04. The molecule has 0 bridgehead atoms. The molecule has 144 valence electrons. The van der Waals surface area contributed by atoms with Gasteiger partial charge in [-0.3, -0.25) is 4.79 Å². The van der Waals surface area contributed by atoms with Crippen LogP contribution in [0.5, 0.6) is 5.75 Å². The molecule has 0 fully saturated rings. The predicted molar refractivity (Wildman–Crippen MR) is 99.9 cm³/mol. The summed E-state index contributed by atoms with van der Waals surface area (Å²) in [7, 11) is 1.50. The molecular formula is C20H16F3N3O2. The van der Waals surface area contributed by atoms with E-state index in [2.05, 4.69) is 15.6 Å². The van der Waals surface area contributed by atoms with Gasteiger partial charge in [-0.2, -0.15) is 13.2 Å². The first-order chi connectivity index (χ1) is 13.4. The molecule has 28 heavy (non-hydrogen) atoms. The third kappa shape index (κ3) is 4.59. The SMILES string of the molecule is COc1ccccc1NC(=O)c1ccc(Nc2cccc(C(F)(F)F)c2)nc1. The first kappa shape index (κ1) is 19.2. The van der Waals surface area contributed by atoms with E-state index in [0.29, 0.717) is 22.8 Å². The highest BCUT2D eigenvalue weighted by Crippen LogP contribution is 2.31. The normalized spacial score (nSPS) is 11.0. The van der Waals surface area contributed by atoms with Gasteiger partial charge in [0.05, 0.1) is 23.9 Å². The molecule has 3 aromatic rings. The van der Waals surface area contributed by atoms with Crippen LogP contribution in [0.3, 0.4) is 0 Å². The largest absolute Gasteiger partial charge is 0.495 e. The molecule has 0 saturated heterocycles. The molecule has 1 heterocycles. The predicted octanol–water partition coefficient (Wildman–Crippen LogP) is 5.10. The Hall–Kier alpha value is -3.55. The van der Waals surface area contributed by atoms with Gasteiger partial charge in [-0.15, -0.1) is 0 Å². The molecule has 1 aromatic heterocycles. The molecule has 0 radical (unpaired) electrons. The summed E-state index contributed by atoms with van der Waals surface area (Å²) in [4.78, 5) is 16.4. The number of ether oxygens (including phenoxy) is 1. The van der Waals surface area contributed by atoms with Crippen molar-refractivity contribution in [1.82, 2.24) is 4.98 Å². The van der Waals surface area contributed by atoms with Crippen molar-refractivity contribution in [1.29, 1.82) is 0 Å². The minimum Gasteiger partial charge on any atom is -0.495 e. The lowest BCUT2D eigenvalue weighted by molar-refractivity contribution is -0.137. The maximum absolute atomic E-state index is 12.8. The van der Waals surface area contributed by atoms with Crippen molar-refractivity contribution in [2.75, 3.05) is 17.7 Å². The number of hydrogen-bond donors (Lipinski definition) is 2. The Labute approximate surface area is 159 Å². The number of para-hydroxylation sites is 2. The first-order valence-electron chi connectivity index (χ1n) is 8.21. The molecular weight excluding hydrogens is 371 g/mol. The summed E-state index contributed by atoms with van der Waals surface area (Å²) in [5, 5.41) is 5.51. The van der Waals surface area contributed by atoms with E-state index in [-0.39, 0.29) is 11.6 Å². The molecule has 8 heteroatoms. The molecule has 0 aliphatic heterocycles. The fourth-order valence-electron chi connectivity index (χ4n) is 2.47. The van der Waals surface area contributed by atoms with Gasteiger partial charge in [-0.1, -0.05) is 18.2 Å². The van der Waals surface area contributed by atoms with Crippen LogP contribution in [0.25, 0.3) is 0 Å². The van der Waals surface area contributed by atoms with Crippen LogP contribution in [0.15, 0.2) is 66.9 Å². The molecule has 0 unspecified atom stereocenters. The van der Waals surface area contributed by atoms with Crippen LogP contribution in [0.4, 0.5) is 30.4 Å². The van der Waals surface area contributed by atoms with Crippen molar-refractivity contribution >= 4 is 23.1 Å². The van der Waals surface area contributed by atoms with Crippen molar-refractivity contribution in [3.05, 3.63) is 78.0 Å². The number of halogens is 3. The van der Waals surface area contributed by atoms with Crippen LogP contribution >= 0.6 is 0 Å². The van der Waals surface area contributed by atoms with Crippen LogP contribution in [-0.2, 0) is 6.18 Å². The number of pyridine rings is 1. The molecule has 2 aromatic carbocycles. The number of anilines is 3. The Bertz CT molecular complexity index is 973. The number of methoxy groups -OCH3 is 1. The van der Waals surface area contributed by atoms with Crippen LogP contribution < -0.4 is 15.4 Å². The second-order valence-corrected chi connectivity index (χ2v) is 5.79. The molecule has 2 N–H and O–H groups in total. The van der Waals surface area contributed by atoms with Crippen molar-refractivity contribution in [3.8, 4) is 5.75 Å². The van der Waals surface area contributed by atoms with Gasteiger partial charge in [0.1, 0.15) is 11.6 Å². The molecule has 0 aliphatic carbocycles. The number of alkyl halides is 3. The maximum atomic E-state index is 12.8. The number of aromatic nitrogens is 1. The van der Waals surface area contributed by atoms with Gasteiger partial charge in [0.15, 0.2) is 0 Å². The molecule has 3 rings (SSSR count). The Balaban J connectivity index is 1.71. The van der Waals surface area contributed by atoms with Gasteiger partial charge < -0.3 is 15.4 Å². The highest BCUT2D eigenvalue weighted by atomic mass is 19.4. The summed E-state index contributed by atoms with van der Waals surface area (Å²) < 4.78 is 43.5. The van der Waals surface area contributed by atoms with E-state index in [4.69, 9.17) is 4.74 Å². The number of nitrogens with zero attached hydrogens (tertiary/aromatic N) is 1. The zero-order chi connectivity index (χ0) is 20.1. The monoisotopic (exact) mass is 387 g/mol. The molecule has 0 saturated carbocycles. The Morgan fingerprint density at radius 2 is 1.82 bits per heavy atom. The van der Waals surface area contributed by atoms with E-state index in [0.717, 1.165) is 12.1 Å². The fraction of sp³-hybridized carbons (Fsp3) is 0.100. The first-order valence-corrected chi connectivity index (χ1v) is 8.21. The summed E-state index contributed by atoms with van der Waals surface area (Å²) >= 11 is 0. The number of carbonyl (C=O) groups is 1. The number of nitrogens with one attached hydrogen (secondary N) is 2. The Morgan fingerprint density at radius 1 is 1.04 bits per heavy atom. The lowest BCUT2D eigenvalue weighted by Crippen LogP contribution is -2.13. The quantitative estimate of drug-likeness (QED) is 0.639. The summed E-state index contributed by atoms with van der Waals surface area (Å²) in [6, 6.07) is 14.8. The summed E-state index contributed by atoms with van der Waals surface area (Å²) in [5.74, 6) is 0.447. The van der Waals surface area contributed by atoms with E-state index in [1.165, 1.54) is 37.6 Å². The van der Waals surface area contributed by atoms with Gasteiger partial charge in [-0.05, 0) is 42.5 Å². The second-order valence-electron chi connectivity index (χ2n) is 5.79. The minimum atomic E-state index is -4.43. The lowest BCUT2D eigenvalue weighted by Gasteiger charge is -2.11. The van der Waals surface area contributed by atoms with Crippen molar-refractivity contribution in [2.45, 2.75) is 6.18 Å². The van der Waals surface area contributed by atoms with E-state index >= 15 is 0 Å². The van der Waals surface area contributed by atoms with Crippen molar-refractivity contribution in [3.63, 3.8) is 0 Å². The summed E-state index contributed by atoms with van der Waals surface area (Å²) in [6.07, 6.45) is -3.09. The average molecular weight is 387 g/mol. The van der Waals surface area contributed by atoms with Crippen molar-refractivity contribution in [2.24, 2.45) is 0 Å².